The molecule has 0 atom stereocenters. The average Bonchev–Trinajstić information content (AvgIpc) is 2.49. The molecule has 21 heavy (non-hydrogen) atoms. The van der Waals surface area contributed by atoms with Gasteiger partial charge in [-0.05, 0) is 36.2 Å². The van der Waals surface area contributed by atoms with Crippen LogP contribution in [0.5, 0.6) is 5.75 Å². The van der Waals surface area contributed by atoms with Gasteiger partial charge in [-0.1, -0.05) is 18.2 Å². The number of nitrogens with one attached hydrogen (secondary N) is 1. The Bertz CT molecular complexity index is 627. The summed E-state index contributed by atoms with van der Waals surface area (Å²) >= 11 is 0. The molecule has 2 aromatic carbocycles. The SMILES string of the molecule is COc1cccc(C(=O)NCCc2ccc(F)cc2)c1N. The van der Waals surface area contributed by atoms with Crippen LogP contribution in [0.2, 0.25) is 0 Å². The Hall–Kier alpha value is -2.56. The number of amides is 1. The smallest absolute Gasteiger partial charge is 0.253 e. The maximum absolute atomic E-state index is 12.8. The van der Waals surface area contributed by atoms with Crippen LogP contribution in [0.15, 0.2) is 42.5 Å². The summed E-state index contributed by atoms with van der Waals surface area (Å²) in [4.78, 5) is 12.1. The molecule has 0 fully saturated rings. The van der Waals surface area contributed by atoms with E-state index >= 15 is 0 Å². The van der Waals surface area contributed by atoms with Gasteiger partial charge in [-0.3, -0.25) is 4.79 Å². The van der Waals surface area contributed by atoms with E-state index < -0.39 is 0 Å². The molecule has 0 aromatic heterocycles. The van der Waals surface area contributed by atoms with Gasteiger partial charge >= 0.3 is 0 Å². The summed E-state index contributed by atoms with van der Waals surface area (Å²) in [6, 6.07) is 11.2. The number of hydrogen-bond donors (Lipinski definition) is 2. The highest BCUT2D eigenvalue weighted by molar-refractivity contribution is 6.00. The standard InChI is InChI=1S/C16H17FN2O2/c1-21-14-4-2-3-13(15(14)18)16(20)19-10-9-11-5-7-12(17)8-6-11/h2-8H,9-10,18H2,1H3,(H,19,20). The Kier molecular flexibility index (Phi) is 4.77. The van der Waals surface area contributed by atoms with Crippen molar-refractivity contribution >= 4 is 11.6 Å². The third-order valence-corrected chi connectivity index (χ3v) is 3.14. The lowest BCUT2D eigenvalue weighted by atomic mass is 10.1. The van der Waals surface area contributed by atoms with E-state index in [0.29, 0.717) is 30.0 Å². The number of carbonyl (C=O) groups is 1. The Morgan fingerprint density at radius 2 is 1.95 bits per heavy atom. The number of nitrogens with two attached hydrogens (primary N) is 1. The highest BCUT2D eigenvalue weighted by atomic mass is 19.1. The second kappa shape index (κ2) is 6.74. The summed E-state index contributed by atoms with van der Waals surface area (Å²) in [5, 5.41) is 2.79. The van der Waals surface area contributed by atoms with Crippen LogP contribution in [0.3, 0.4) is 0 Å². The molecule has 0 aliphatic carbocycles. The van der Waals surface area contributed by atoms with Gasteiger partial charge in [0.2, 0.25) is 0 Å². The van der Waals surface area contributed by atoms with Crippen LogP contribution >= 0.6 is 0 Å². The first-order chi connectivity index (χ1) is 10.1. The molecule has 0 saturated heterocycles. The molecular weight excluding hydrogens is 271 g/mol. The summed E-state index contributed by atoms with van der Waals surface area (Å²) in [6.45, 7) is 0.446. The maximum atomic E-state index is 12.8. The number of hydrogen-bond acceptors (Lipinski definition) is 3. The minimum atomic E-state index is -0.271. The van der Waals surface area contributed by atoms with E-state index in [1.807, 2.05) is 0 Å². The molecule has 0 aliphatic heterocycles. The van der Waals surface area contributed by atoms with Crippen molar-refractivity contribution in [2.24, 2.45) is 0 Å². The molecule has 0 bridgehead atoms. The van der Waals surface area contributed by atoms with Crippen molar-refractivity contribution in [3.8, 4) is 5.75 Å². The summed E-state index contributed by atoms with van der Waals surface area (Å²) in [5.41, 5.74) is 7.52. The fourth-order valence-electron chi connectivity index (χ4n) is 1.99. The quantitative estimate of drug-likeness (QED) is 0.830. The second-order valence-electron chi connectivity index (χ2n) is 4.55. The molecule has 110 valence electrons. The summed E-state index contributed by atoms with van der Waals surface area (Å²) < 4.78 is 17.9. The lowest BCUT2D eigenvalue weighted by Crippen LogP contribution is -2.26. The number of ether oxygens (including phenoxy) is 1. The fraction of sp³-hybridized carbons (Fsp3) is 0.188. The molecule has 3 N–H and O–H groups in total. The van der Waals surface area contributed by atoms with Crippen molar-refractivity contribution < 1.29 is 13.9 Å². The molecule has 0 saturated carbocycles. The number of anilines is 1. The van der Waals surface area contributed by atoms with Gasteiger partial charge in [0.25, 0.3) is 5.91 Å². The summed E-state index contributed by atoms with van der Waals surface area (Å²) in [5.74, 6) is -0.0540. The van der Waals surface area contributed by atoms with Gasteiger partial charge in [0.1, 0.15) is 11.6 Å². The Balaban J connectivity index is 1.94. The van der Waals surface area contributed by atoms with E-state index in [4.69, 9.17) is 10.5 Å². The molecule has 5 heteroatoms. The molecule has 0 spiro atoms. The van der Waals surface area contributed by atoms with E-state index in [9.17, 15) is 9.18 Å². The van der Waals surface area contributed by atoms with Crippen LogP contribution in [0.1, 0.15) is 15.9 Å². The zero-order valence-electron chi connectivity index (χ0n) is 11.7. The Labute approximate surface area is 122 Å². The third-order valence-electron chi connectivity index (χ3n) is 3.14. The van der Waals surface area contributed by atoms with Crippen LogP contribution in [0.25, 0.3) is 0 Å². The van der Waals surface area contributed by atoms with Crippen molar-refractivity contribution in [3.05, 3.63) is 59.4 Å². The van der Waals surface area contributed by atoms with Crippen LogP contribution < -0.4 is 15.8 Å². The molecule has 2 aromatic rings. The topological polar surface area (TPSA) is 64.3 Å². The molecule has 1 amide bonds. The molecule has 0 aliphatic rings. The molecule has 0 radical (unpaired) electrons. The number of carbonyl (C=O) groups excluding carboxylic acids is 1. The second-order valence-corrected chi connectivity index (χ2v) is 4.55. The number of para-hydroxylation sites is 1. The van der Waals surface area contributed by atoms with E-state index in [0.717, 1.165) is 5.56 Å². The van der Waals surface area contributed by atoms with Crippen LogP contribution in [-0.2, 0) is 6.42 Å². The van der Waals surface area contributed by atoms with Crippen LogP contribution in [0, 0.1) is 5.82 Å². The molecule has 4 nitrogen and oxygen atoms in total. The van der Waals surface area contributed by atoms with Gasteiger partial charge in [0.05, 0.1) is 18.4 Å². The van der Waals surface area contributed by atoms with Gasteiger partial charge < -0.3 is 15.8 Å². The van der Waals surface area contributed by atoms with Crippen LogP contribution in [-0.4, -0.2) is 19.6 Å². The maximum Gasteiger partial charge on any atom is 0.253 e. The zero-order valence-corrected chi connectivity index (χ0v) is 11.7. The number of nitrogen functional groups attached to an aromatic ring is 1. The highest BCUT2D eigenvalue weighted by Gasteiger charge is 2.12. The molecule has 2 rings (SSSR count). The Morgan fingerprint density at radius 1 is 1.24 bits per heavy atom. The van der Waals surface area contributed by atoms with Crippen molar-refractivity contribution in [3.63, 3.8) is 0 Å². The first-order valence-electron chi connectivity index (χ1n) is 6.57. The highest BCUT2D eigenvalue weighted by Crippen LogP contribution is 2.24. The lowest BCUT2D eigenvalue weighted by Gasteiger charge is -2.10. The minimum absolute atomic E-state index is 0.256. The van der Waals surface area contributed by atoms with Gasteiger partial charge in [0.15, 0.2) is 0 Å². The largest absolute Gasteiger partial charge is 0.495 e. The van der Waals surface area contributed by atoms with E-state index in [-0.39, 0.29) is 11.7 Å². The first-order valence-corrected chi connectivity index (χ1v) is 6.57. The van der Waals surface area contributed by atoms with Gasteiger partial charge in [-0.25, -0.2) is 4.39 Å². The van der Waals surface area contributed by atoms with Crippen molar-refractivity contribution in [1.29, 1.82) is 0 Å². The fourth-order valence-corrected chi connectivity index (χ4v) is 1.99. The predicted octanol–water partition coefficient (Wildman–Crippen LogP) is 2.39. The van der Waals surface area contributed by atoms with Crippen LogP contribution in [0.4, 0.5) is 10.1 Å². The van der Waals surface area contributed by atoms with Gasteiger partial charge in [0, 0.05) is 6.54 Å². The molecule has 0 heterocycles. The minimum Gasteiger partial charge on any atom is -0.495 e. The van der Waals surface area contributed by atoms with E-state index in [2.05, 4.69) is 5.32 Å². The lowest BCUT2D eigenvalue weighted by molar-refractivity contribution is 0.0954. The third kappa shape index (κ3) is 3.72. The first kappa shape index (κ1) is 14.8. The molecular formula is C16H17FN2O2. The number of benzene rings is 2. The normalized spacial score (nSPS) is 10.2. The van der Waals surface area contributed by atoms with Gasteiger partial charge in [-0.15, -0.1) is 0 Å². The average molecular weight is 288 g/mol. The molecule has 0 unspecified atom stereocenters. The summed E-state index contributed by atoms with van der Waals surface area (Å²) in [6.07, 6.45) is 0.621. The zero-order chi connectivity index (χ0) is 15.2. The number of halogens is 1. The number of rotatable bonds is 5. The monoisotopic (exact) mass is 288 g/mol. The predicted molar refractivity (Wildman–Crippen MR) is 79.8 cm³/mol. The van der Waals surface area contributed by atoms with Crippen molar-refractivity contribution in [2.45, 2.75) is 6.42 Å². The van der Waals surface area contributed by atoms with Gasteiger partial charge in [-0.2, -0.15) is 0 Å². The van der Waals surface area contributed by atoms with E-state index in [1.165, 1.54) is 19.2 Å². The van der Waals surface area contributed by atoms with E-state index in [1.54, 1.807) is 30.3 Å². The summed E-state index contributed by atoms with van der Waals surface area (Å²) in [7, 11) is 1.50. The Morgan fingerprint density at radius 3 is 2.62 bits per heavy atom. The van der Waals surface area contributed by atoms with Crippen molar-refractivity contribution in [1.82, 2.24) is 5.32 Å². The number of methoxy groups -OCH3 is 1. The van der Waals surface area contributed by atoms with Crippen molar-refractivity contribution in [2.75, 3.05) is 19.4 Å².